The number of rotatable bonds is 4. The molecule has 1 heterocycles. The highest BCUT2D eigenvalue weighted by atomic mass is 16.5. The fourth-order valence-corrected chi connectivity index (χ4v) is 3.65. The number of hydrogen-bond acceptors (Lipinski definition) is 3. The van der Waals surface area contributed by atoms with Crippen LogP contribution >= 0.6 is 0 Å². The van der Waals surface area contributed by atoms with Gasteiger partial charge in [0.15, 0.2) is 6.61 Å². The molecule has 1 aromatic carbocycles. The molecule has 4 nitrogen and oxygen atoms in total. The van der Waals surface area contributed by atoms with Gasteiger partial charge in [-0.15, -0.1) is 0 Å². The molecule has 1 spiro atoms. The Kier molecular flexibility index (Phi) is 4.90. The van der Waals surface area contributed by atoms with Crippen LogP contribution in [0.1, 0.15) is 57.4 Å². The van der Waals surface area contributed by atoms with Crippen LogP contribution in [0.15, 0.2) is 24.3 Å². The molecule has 1 saturated carbocycles. The van der Waals surface area contributed by atoms with Crippen LogP contribution in [0.25, 0.3) is 0 Å². The predicted octanol–water partition coefficient (Wildman–Crippen LogP) is 3.71. The monoisotopic (exact) mass is 317 g/mol. The Balaban J connectivity index is 1.58. The largest absolute Gasteiger partial charge is 0.484 e. The summed E-state index contributed by atoms with van der Waals surface area (Å²) in [5.41, 5.74) is 0.929. The number of amides is 1. The zero-order chi connectivity index (χ0) is 16.3. The van der Waals surface area contributed by atoms with E-state index in [1.807, 2.05) is 17.0 Å². The van der Waals surface area contributed by atoms with Gasteiger partial charge in [0.2, 0.25) is 0 Å². The molecule has 0 unspecified atom stereocenters. The van der Waals surface area contributed by atoms with Crippen LogP contribution in [0.4, 0.5) is 0 Å². The van der Waals surface area contributed by atoms with E-state index in [2.05, 4.69) is 26.0 Å². The zero-order valence-corrected chi connectivity index (χ0v) is 14.2. The highest BCUT2D eigenvalue weighted by molar-refractivity contribution is 5.78. The molecule has 1 aliphatic carbocycles. The zero-order valence-electron chi connectivity index (χ0n) is 14.2. The number of benzene rings is 1. The maximum absolute atomic E-state index is 12.6. The minimum Gasteiger partial charge on any atom is -0.484 e. The van der Waals surface area contributed by atoms with Gasteiger partial charge in [0.05, 0.1) is 6.61 Å². The van der Waals surface area contributed by atoms with Gasteiger partial charge in [0, 0.05) is 6.54 Å². The van der Waals surface area contributed by atoms with Gasteiger partial charge in [-0.05, 0) is 49.3 Å². The smallest absolute Gasteiger partial charge is 0.262 e. The van der Waals surface area contributed by atoms with Crippen molar-refractivity contribution in [2.45, 2.75) is 57.6 Å². The molecule has 2 aliphatic rings. The molecule has 0 radical (unpaired) electrons. The maximum atomic E-state index is 12.6. The first kappa shape index (κ1) is 16.3. The summed E-state index contributed by atoms with van der Waals surface area (Å²) >= 11 is 0. The fraction of sp³-hybridized carbons (Fsp3) is 0.632. The van der Waals surface area contributed by atoms with E-state index in [4.69, 9.17) is 9.47 Å². The Labute approximate surface area is 138 Å². The van der Waals surface area contributed by atoms with Crippen molar-refractivity contribution in [1.29, 1.82) is 0 Å². The molecule has 1 saturated heterocycles. The van der Waals surface area contributed by atoms with E-state index in [9.17, 15) is 4.79 Å². The molecule has 0 bridgehead atoms. The van der Waals surface area contributed by atoms with Crippen molar-refractivity contribution in [3.8, 4) is 5.75 Å². The van der Waals surface area contributed by atoms with E-state index < -0.39 is 0 Å². The summed E-state index contributed by atoms with van der Waals surface area (Å²) in [5.74, 6) is 1.29. The molecule has 3 rings (SSSR count). The van der Waals surface area contributed by atoms with Crippen LogP contribution in [0.5, 0.6) is 5.75 Å². The van der Waals surface area contributed by atoms with Crippen LogP contribution in [0.3, 0.4) is 0 Å². The second-order valence-corrected chi connectivity index (χ2v) is 6.91. The van der Waals surface area contributed by atoms with Crippen molar-refractivity contribution in [1.82, 2.24) is 4.90 Å². The van der Waals surface area contributed by atoms with Gasteiger partial charge in [0.25, 0.3) is 5.91 Å². The van der Waals surface area contributed by atoms with Crippen molar-refractivity contribution in [2.24, 2.45) is 0 Å². The summed E-state index contributed by atoms with van der Waals surface area (Å²) in [6.07, 6.45) is 5.44. The molecule has 2 fully saturated rings. The summed E-state index contributed by atoms with van der Waals surface area (Å²) in [6.45, 7) is 5.75. The van der Waals surface area contributed by atoms with Gasteiger partial charge >= 0.3 is 0 Å². The first-order valence-electron chi connectivity index (χ1n) is 8.78. The van der Waals surface area contributed by atoms with Gasteiger partial charge in [-0.25, -0.2) is 0 Å². The SMILES string of the molecule is CC(C)c1ccc(OCC(=O)N2CCOC23CCCCC3)cc1. The van der Waals surface area contributed by atoms with Gasteiger partial charge < -0.3 is 14.4 Å². The number of carbonyl (C=O) groups excluding carboxylic acids is 1. The molecule has 0 N–H and O–H groups in total. The summed E-state index contributed by atoms with van der Waals surface area (Å²) in [7, 11) is 0. The van der Waals surface area contributed by atoms with E-state index >= 15 is 0 Å². The average Bonchev–Trinajstić information content (AvgIpc) is 2.96. The third kappa shape index (κ3) is 3.52. The number of ether oxygens (including phenoxy) is 2. The van der Waals surface area contributed by atoms with Crippen LogP contribution in [-0.4, -0.2) is 36.3 Å². The van der Waals surface area contributed by atoms with Crippen LogP contribution in [0.2, 0.25) is 0 Å². The topological polar surface area (TPSA) is 38.8 Å². The van der Waals surface area contributed by atoms with Crippen molar-refractivity contribution in [3.63, 3.8) is 0 Å². The van der Waals surface area contributed by atoms with Crippen molar-refractivity contribution >= 4 is 5.91 Å². The van der Waals surface area contributed by atoms with Crippen molar-refractivity contribution in [3.05, 3.63) is 29.8 Å². The minimum absolute atomic E-state index is 0.0392. The quantitative estimate of drug-likeness (QED) is 0.850. The molecular formula is C19H27NO3. The lowest BCUT2D eigenvalue weighted by molar-refractivity contribution is -0.157. The Morgan fingerprint density at radius 1 is 1.22 bits per heavy atom. The van der Waals surface area contributed by atoms with Crippen molar-refractivity contribution < 1.29 is 14.3 Å². The molecule has 4 heteroatoms. The van der Waals surface area contributed by atoms with Crippen LogP contribution in [0, 0.1) is 0 Å². The minimum atomic E-state index is -0.347. The lowest BCUT2D eigenvalue weighted by atomic mass is 9.90. The highest BCUT2D eigenvalue weighted by Gasteiger charge is 2.45. The van der Waals surface area contributed by atoms with Gasteiger partial charge in [0.1, 0.15) is 11.5 Å². The molecule has 0 aromatic heterocycles. The van der Waals surface area contributed by atoms with E-state index in [0.717, 1.165) is 31.4 Å². The molecule has 23 heavy (non-hydrogen) atoms. The first-order valence-corrected chi connectivity index (χ1v) is 8.78. The number of hydrogen-bond donors (Lipinski definition) is 0. The summed E-state index contributed by atoms with van der Waals surface area (Å²) in [6, 6.07) is 8.01. The van der Waals surface area contributed by atoms with Gasteiger partial charge in [-0.2, -0.15) is 0 Å². The van der Waals surface area contributed by atoms with Crippen molar-refractivity contribution in [2.75, 3.05) is 19.8 Å². The molecule has 0 atom stereocenters. The molecule has 1 aliphatic heterocycles. The molecule has 126 valence electrons. The van der Waals surface area contributed by atoms with Gasteiger partial charge in [-0.1, -0.05) is 32.4 Å². The van der Waals surface area contributed by atoms with E-state index in [1.165, 1.54) is 12.0 Å². The maximum Gasteiger partial charge on any atom is 0.262 e. The summed E-state index contributed by atoms with van der Waals surface area (Å²) < 4.78 is 11.7. The van der Waals surface area contributed by atoms with E-state index in [-0.39, 0.29) is 18.2 Å². The Morgan fingerprint density at radius 2 is 1.91 bits per heavy atom. The summed E-state index contributed by atoms with van der Waals surface area (Å²) in [4.78, 5) is 14.5. The number of carbonyl (C=O) groups is 1. The fourth-order valence-electron chi connectivity index (χ4n) is 3.65. The Morgan fingerprint density at radius 3 is 2.57 bits per heavy atom. The lowest BCUT2D eigenvalue weighted by Crippen LogP contribution is -2.50. The highest BCUT2D eigenvalue weighted by Crippen LogP contribution is 2.38. The Bertz CT molecular complexity index is 532. The van der Waals surface area contributed by atoms with Gasteiger partial charge in [-0.3, -0.25) is 4.79 Å². The third-order valence-corrected chi connectivity index (χ3v) is 5.02. The Hall–Kier alpha value is -1.55. The molecule has 1 amide bonds. The standard InChI is InChI=1S/C19H27NO3/c1-15(2)16-6-8-17(9-7-16)22-14-18(21)20-12-13-23-19(20)10-4-3-5-11-19/h6-9,15H,3-5,10-14H2,1-2H3. The number of nitrogens with zero attached hydrogens (tertiary/aromatic N) is 1. The normalized spacial score (nSPS) is 20.2. The molecular weight excluding hydrogens is 290 g/mol. The summed E-state index contributed by atoms with van der Waals surface area (Å²) in [5, 5.41) is 0. The first-order chi connectivity index (χ1) is 11.1. The second kappa shape index (κ2) is 6.91. The lowest BCUT2D eigenvalue weighted by Gasteiger charge is -2.39. The predicted molar refractivity (Wildman–Crippen MR) is 89.5 cm³/mol. The van der Waals surface area contributed by atoms with Crippen LogP contribution < -0.4 is 4.74 Å². The van der Waals surface area contributed by atoms with E-state index in [0.29, 0.717) is 19.1 Å². The second-order valence-electron chi connectivity index (χ2n) is 6.91. The molecule has 1 aromatic rings. The van der Waals surface area contributed by atoms with Crippen LogP contribution in [-0.2, 0) is 9.53 Å². The van der Waals surface area contributed by atoms with E-state index in [1.54, 1.807) is 0 Å². The third-order valence-electron chi connectivity index (χ3n) is 5.02. The average molecular weight is 317 g/mol.